The lowest BCUT2D eigenvalue weighted by atomic mass is 10.2. The molecule has 1 aromatic carbocycles. The summed E-state index contributed by atoms with van der Waals surface area (Å²) in [6.45, 7) is 0. The number of carbonyl (C=O) groups is 1. The molecule has 1 saturated carbocycles. The van der Waals surface area contributed by atoms with E-state index in [1.165, 1.54) is 0 Å². The Balaban J connectivity index is 1.85. The van der Waals surface area contributed by atoms with E-state index >= 15 is 0 Å². The zero-order chi connectivity index (χ0) is 13.9. The molecule has 0 unspecified atom stereocenters. The van der Waals surface area contributed by atoms with E-state index in [0.29, 0.717) is 10.6 Å². The molecule has 1 aliphatic carbocycles. The Labute approximate surface area is 118 Å². The largest absolute Gasteiger partial charge is 0.353 e. The van der Waals surface area contributed by atoms with Gasteiger partial charge < -0.3 is 5.32 Å². The number of hydrogen-bond acceptors (Lipinski definition) is 3. The van der Waals surface area contributed by atoms with Crippen LogP contribution in [0.2, 0.25) is 5.02 Å². The number of rotatable bonds is 6. The summed E-state index contributed by atoms with van der Waals surface area (Å²) >= 11 is 5.81. The monoisotopic (exact) mass is 301 g/mol. The lowest BCUT2D eigenvalue weighted by Crippen LogP contribution is -2.27. The normalized spacial score (nSPS) is 15.2. The van der Waals surface area contributed by atoms with Gasteiger partial charge in [-0.15, -0.1) is 0 Å². The van der Waals surface area contributed by atoms with Gasteiger partial charge in [-0.25, -0.2) is 8.42 Å². The minimum atomic E-state index is -3.28. The lowest BCUT2D eigenvalue weighted by Gasteiger charge is -2.06. The highest BCUT2D eigenvalue weighted by atomic mass is 35.5. The summed E-state index contributed by atoms with van der Waals surface area (Å²) in [6.07, 6.45) is 2.03. The summed E-state index contributed by atoms with van der Waals surface area (Å²) < 4.78 is 23.8. The maximum absolute atomic E-state index is 11.9. The molecular formula is C13H16ClNO3S. The summed E-state index contributed by atoms with van der Waals surface area (Å²) in [5, 5.41) is 3.29. The van der Waals surface area contributed by atoms with Crippen molar-refractivity contribution in [2.45, 2.75) is 31.1 Å². The SMILES string of the molecule is O=C(CCS(=O)(=O)Cc1cccc(Cl)c1)NC1CC1. The summed E-state index contributed by atoms with van der Waals surface area (Å²) in [4.78, 5) is 11.5. The van der Waals surface area contributed by atoms with Gasteiger partial charge in [-0.2, -0.15) is 0 Å². The molecule has 0 atom stereocenters. The van der Waals surface area contributed by atoms with Crippen LogP contribution in [0.5, 0.6) is 0 Å². The summed E-state index contributed by atoms with van der Waals surface area (Å²) in [5.41, 5.74) is 0.648. The Morgan fingerprint density at radius 1 is 1.37 bits per heavy atom. The third-order valence-electron chi connectivity index (χ3n) is 2.86. The Kier molecular flexibility index (Phi) is 4.47. The van der Waals surface area contributed by atoms with Crippen molar-refractivity contribution < 1.29 is 13.2 Å². The maximum atomic E-state index is 11.9. The van der Waals surface area contributed by atoms with Crippen LogP contribution in [0.1, 0.15) is 24.8 Å². The molecule has 1 aliphatic rings. The van der Waals surface area contributed by atoms with Crippen molar-refractivity contribution in [3.63, 3.8) is 0 Å². The molecule has 104 valence electrons. The van der Waals surface area contributed by atoms with Crippen LogP contribution in [-0.2, 0) is 20.4 Å². The van der Waals surface area contributed by atoms with Crippen LogP contribution in [0.15, 0.2) is 24.3 Å². The van der Waals surface area contributed by atoms with Crippen LogP contribution < -0.4 is 5.32 Å². The molecule has 4 nitrogen and oxygen atoms in total. The van der Waals surface area contributed by atoms with Crippen LogP contribution in [0.3, 0.4) is 0 Å². The number of nitrogens with one attached hydrogen (secondary N) is 1. The number of amides is 1. The van der Waals surface area contributed by atoms with Crippen molar-refractivity contribution in [2.24, 2.45) is 0 Å². The molecule has 0 radical (unpaired) electrons. The molecule has 1 fully saturated rings. The Bertz CT molecular complexity index is 567. The number of benzene rings is 1. The fourth-order valence-corrected chi connectivity index (χ4v) is 3.27. The van der Waals surface area contributed by atoms with Gasteiger partial charge in [0.25, 0.3) is 0 Å². The predicted molar refractivity (Wildman–Crippen MR) is 74.7 cm³/mol. The molecule has 0 heterocycles. The predicted octanol–water partition coefficient (Wildman–Crippen LogP) is 1.92. The number of sulfone groups is 1. The van der Waals surface area contributed by atoms with Crippen molar-refractivity contribution >= 4 is 27.3 Å². The van der Waals surface area contributed by atoms with Crippen molar-refractivity contribution in [1.29, 1.82) is 0 Å². The third-order valence-corrected chi connectivity index (χ3v) is 4.69. The summed E-state index contributed by atoms with van der Waals surface area (Å²) in [7, 11) is -3.28. The van der Waals surface area contributed by atoms with E-state index in [1.54, 1.807) is 24.3 Å². The quantitative estimate of drug-likeness (QED) is 0.873. The first-order chi connectivity index (χ1) is 8.94. The van der Waals surface area contributed by atoms with Crippen molar-refractivity contribution in [3.05, 3.63) is 34.9 Å². The van der Waals surface area contributed by atoms with Gasteiger partial charge >= 0.3 is 0 Å². The van der Waals surface area contributed by atoms with E-state index in [4.69, 9.17) is 11.6 Å². The molecule has 0 saturated heterocycles. The molecule has 0 aromatic heterocycles. The van der Waals surface area contributed by atoms with Crippen LogP contribution in [-0.4, -0.2) is 26.1 Å². The first kappa shape index (κ1) is 14.3. The van der Waals surface area contributed by atoms with Crippen LogP contribution in [0, 0.1) is 0 Å². The first-order valence-electron chi connectivity index (χ1n) is 6.19. The van der Waals surface area contributed by atoms with E-state index in [2.05, 4.69) is 5.32 Å². The standard InChI is InChI=1S/C13H16ClNO3S/c14-11-3-1-2-10(8-11)9-19(17,18)7-6-13(16)15-12-4-5-12/h1-3,8,12H,4-7,9H2,(H,15,16). The third kappa shape index (κ3) is 5.20. The second-order valence-electron chi connectivity index (χ2n) is 4.81. The number of hydrogen-bond donors (Lipinski definition) is 1. The van der Waals surface area contributed by atoms with Crippen molar-refractivity contribution in [2.75, 3.05) is 5.75 Å². The zero-order valence-electron chi connectivity index (χ0n) is 10.4. The fourth-order valence-electron chi connectivity index (χ4n) is 1.73. The topological polar surface area (TPSA) is 63.2 Å². The highest BCUT2D eigenvalue weighted by molar-refractivity contribution is 7.90. The van der Waals surface area contributed by atoms with E-state index in [9.17, 15) is 13.2 Å². The van der Waals surface area contributed by atoms with E-state index in [-0.39, 0.29) is 29.9 Å². The van der Waals surface area contributed by atoms with Crippen LogP contribution >= 0.6 is 11.6 Å². The molecule has 0 aliphatic heterocycles. The highest BCUT2D eigenvalue weighted by Crippen LogP contribution is 2.19. The smallest absolute Gasteiger partial charge is 0.221 e. The van der Waals surface area contributed by atoms with Gasteiger partial charge in [0.1, 0.15) is 0 Å². The molecule has 0 spiro atoms. The van der Waals surface area contributed by atoms with Crippen molar-refractivity contribution in [1.82, 2.24) is 5.32 Å². The Morgan fingerprint density at radius 3 is 2.74 bits per heavy atom. The second kappa shape index (κ2) is 5.92. The minimum Gasteiger partial charge on any atom is -0.353 e. The van der Waals surface area contributed by atoms with E-state index in [1.807, 2.05) is 0 Å². The van der Waals surface area contributed by atoms with E-state index < -0.39 is 9.84 Å². The number of carbonyl (C=O) groups excluding carboxylic acids is 1. The summed E-state index contributed by atoms with van der Waals surface area (Å²) in [5.74, 6) is -0.389. The first-order valence-corrected chi connectivity index (χ1v) is 8.39. The van der Waals surface area contributed by atoms with Crippen LogP contribution in [0.4, 0.5) is 0 Å². The summed E-state index contributed by atoms with van der Waals surface area (Å²) in [6, 6.07) is 7.02. The van der Waals surface area contributed by atoms with Gasteiger partial charge in [0, 0.05) is 17.5 Å². The highest BCUT2D eigenvalue weighted by Gasteiger charge is 2.24. The average Bonchev–Trinajstić information content (AvgIpc) is 3.10. The minimum absolute atomic E-state index is 0.0272. The molecule has 1 amide bonds. The van der Waals surface area contributed by atoms with Gasteiger partial charge in [0.05, 0.1) is 11.5 Å². The van der Waals surface area contributed by atoms with Gasteiger partial charge in [-0.3, -0.25) is 4.79 Å². The van der Waals surface area contributed by atoms with Crippen molar-refractivity contribution in [3.8, 4) is 0 Å². The lowest BCUT2D eigenvalue weighted by molar-refractivity contribution is -0.120. The molecule has 6 heteroatoms. The molecule has 2 rings (SSSR count). The van der Waals surface area contributed by atoms with Crippen LogP contribution in [0.25, 0.3) is 0 Å². The fraction of sp³-hybridized carbons (Fsp3) is 0.462. The average molecular weight is 302 g/mol. The Morgan fingerprint density at radius 2 is 2.11 bits per heavy atom. The zero-order valence-corrected chi connectivity index (χ0v) is 12.0. The van der Waals surface area contributed by atoms with Gasteiger partial charge in [0.15, 0.2) is 9.84 Å². The molecule has 0 bridgehead atoms. The Hall–Kier alpha value is -1.07. The molecule has 1 aromatic rings. The maximum Gasteiger partial charge on any atom is 0.221 e. The number of halogens is 1. The van der Waals surface area contributed by atoms with Gasteiger partial charge in [0.2, 0.25) is 5.91 Å². The van der Waals surface area contributed by atoms with E-state index in [0.717, 1.165) is 12.8 Å². The second-order valence-corrected chi connectivity index (χ2v) is 7.43. The molecule has 19 heavy (non-hydrogen) atoms. The van der Waals surface area contributed by atoms with Gasteiger partial charge in [-0.1, -0.05) is 23.7 Å². The molecule has 1 N–H and O–H groups in total. The van der Waals surface area contributed by atoms with Gasteiger partial charge in [-0.05, 0) is 30.5 Å². The molecular weight excluding hydrogens is 286 g/mol.